The molecule has 0 N–H and O–H groups in total. The molecule has 5 nitrogen and oxygen atoms in total. The monoisotopic (exact) mass is 470 g/mol. The van der Waals surface area contributed by atoms with Crippen molar-refractivity contribution in [1.82, 2.24) is 4.90 Å². The lowest BCUT2D eigenvalue weighted by Gasteiger charge is -2.13. The minimum atomic E-state index is -0.204. The molecule has 3 rings (SSSR count). The number of carbonyl (C=O) groups excluding carboxylic acids is 1. The van der Waals surface area contributed by atoms with Gasteiger partial charge in [0.2, 0.25) is 5.91 Å². The molecule has 0 spiro atoms. The highest BCUT2D eigenvalue weighted by Crippen LogP contribution is 2.30. The zero-order valence-corrected chi connectivity index (χ0v) is 18.9. The van der Waals surface area contributed by atoms with Crippen molar-refractivity contribution in [2.75, 3.05) is 25.5 Å². The molecule has 1 amide bonds. The maximum absolute atomic E-state index is 12.8. The average Bonchev–Trinajstić information content (AvgIpc) is 2.99. The van der Waals surface area contributed by atoms with Crippen LogP contribution in [0.25, 0.3) is 0 Å². The summed E-state index contributed by atoms with van der Waals surface area (Å²) in [5, 5.41) is 8.94. The maximum Gasteiger partial charge on any atom is 0.242 e. The number of hydrogen-bond donors (Lipinski definition) is 0. The van der Waals surface area contributed by atoms with Crippen LogP contribution in [0.5, 0.6) is 0 Å². The lowest BCUT2D eigenvalue weighted by molar-refractivity contribution is -0.125. The number of thioether (sulfide) groups is 1. The second-order valence-electron chi connectivity index (χ2n) is 6.79. The number of rotatable bonds is 7. The summed E-state index contributed by atoms with van der Waals surface area (Å²) in [6.07, 6.45) is 4.06. The van der Waals surface area contributed by atoms with Gasteiger partial charge in [0.05, 0.1) is 11.5 Å². The molecule has 0 radical (unpaired) electrons. The van der Waals surface area contributed by atoms with Gasteiger partial charge in [-0.05, 0) is 41.8 Å². The number of halogens is 1. The van der Waals surface area contributed by atoms with Crippen molar-refractivity contribution in [3.05, 3.63) is 76.8 Å². The first-order valence-corrected chi connectivity index (χ1v) is 10.9. The molecule has 0 saturated carbocycles. The minimum Gasteiger partial charge on any atom is -0.378 e. The summed E-state index contributed by atoms with van der Waals surface area (Å²) in [4.78, 5) is 16.5. The van der Waals surface area contributed by atoms with Crippen LogP contribution in [-0.2, 0) is 11.2 Å². The molecule has 0 unspecified atom stereocenters. The predicted molar refractivity (Wildman–Crippen MR) is 127 cm³/mol. The molecule has 150 valence electrons. The van der Waals surface area contributed by atoms with E-state index >= 15 is 0 Å². The number of carbonyl (C=O) groups is 1. The van der Waals surface area contributed by atoms with E-state index in [1.807, 2.05) is 67.5 Å². The molecule has 0 bridgehead atoms. The highest BCUT2D eigenvalue weighted by atomic mass is 79.9. The second-order valence-corrected chi connectivity index (χ2v) is 8.87. The molecule has 2 aromatic carbocycles. The van der Waals surface area contributed by atoms with E-state index in [-0.39, 0.29) is 11.2 Å². The van der Waals surface area contributed by atoms with E-state index in [9.17, 15) is 4.79 Å². The highest BCUT2D eigenvalue weighted by Gasteiger charge is 2.37. The van der Waals surface area contributed by atoms with Gasteiger partial charge in [-0.25, -0.2) is 0 Å². The van der Waals surface area contributed by atoms with Gasteiger partial charge in [-0.1, -0.05) is 58.0 Å². The van der Waals surface area contributed by atoms with Crippen molar-refractivity contribution < 1.29 is 4.79 Å². The SMILES string of the molecule is C=CCN1C(=O)[C@H](Cc2ccc(Br)cc2)S/C1=N\N=C/c1ccc(N(C)C)cc1. The average molecular weight is 471 g/mol. The van der Waals surface area contributed by atoms with Crippen LogP contribution in [0.15, 0.2) is 75.9 Å². The Bertz CT molecular complexity index is 923. The molecule has 1 aliphatic heterocycles. The Balaban J connectivity index is 1.72. The number of benzene rings is 2. The van der Waals surface area contributed by atoms with Crippen molar-refractivity contribution in [3.63, 3.8) is 0 Å². The smallest absolute Gasteiger partial charge is 0.242 e. The Morgan fingerprint density at radius 2 is 1.86 bits per heavy atom. The normalized spacial score (nSPS) is 18.0. The summed E-state index contributed by atoms with van der Waals surface area (Å²) in [6, 6.07) is 16.1. The lowest BCUT2D eigenvalue weighted by atomic mass is 10.1. The summed E-state index contributed by atoms with van der Waals surface area (Å²) in [5.74, 6) is 0.0436. The molecule has 1 heterocycles. The molecule has 1 saturated heterocycles. The van der Waals surface area contributed by atoms with Gasteiger partial charge < -0.3 is 4.90 Å². The predicted octanol–water partition coefficient (Wildman–Crippen LogP) is 4.58. The summed E-state index contributed by atoms with van der Waals surface area (Å²) < 4.78 is 1.02. The van der Waals surface area contributed by atoms with Gasteiger partial charge in [0.25, 0.3) is 0 Å². The van der Waals surface area contributed by atoms with Gasteiger partial charge in [-0.15, -0.1) is 11.7 Å². The maximum atomic E-state index is 12.8. The van der Waals surface area contributed by atoms with E-state index in [1.54, 1.807) is 17.2 Å². The molecule has 1 aliphatic rings. The van der Waals surface area contributed by atoms with E-state index in [0.29, 0.717) is 18.1 Å². The molecule has 0 aromatic heterocycles. The summed E-state index contributed by atoms with van der Waals surface area (Å²) in [5.41, 5.74) is 3.19. The van der Waals surface area contributed by atoms with Crippen LogP contribution in [0.1, 0.15) is 11.1 Å². The van der Waals surface area contributed by atoms with Crippen molar-refractivity contribution >= 4 is 50.7 Å². The molecule has 1 atom stereocenters. The fourth-order valence-electron chi connectivity index (χ4n) is 2.85. The van der Waals surface area contributed by atoms with Gasteiger partial charge in [0, 0.05) is 30.8 Å². The van der Waals surface area contributed by atoms with Gasteiger partial charge in [0.1, 0.15) is 0 Å². The van der Waals surface area contributed by atoms with E-state index in [4.69, 9.17) is 0 Å². The third-order valence-electron chi connectivity index (χ3n) is 4.43. The quantitative estimate of drug-likeness (QED) is 0.338. The summed E-state index contributed by atoms with van der Waals surface area (Å²) in [7, 11) is 4.00. The van der Waals surface area contributed by atoms with E-state index in [1.165, 1.54) is 11.8 Å². The first-order valence-electron chi connectivity index (χ1n) is 9.19. The van der Waals surface area contributed by atoms with E-state index in [2.05, 4.69) is 32.7 Å². The zero-order chi connectivity index (χ0) is 20.8. The van der Waals surface area contributed by atoms with Crippen LogP contribution in [0.2, 0.25) is 0 Å². The third-order valence-corrected chi connectivity index (χ3v) is 6.12. The fourth-order valence-corrected chi connectivity index (χ4v) is 4.26. The molecule has 0 aliphatic carbocycles. The zero-order valence-electron chi connectivity index (χ0n) is 16.5. The van der Waals surface area contributed by atoms with Crippen LogP contribution >= 0.6 is 27.7 Å². The fraction of sp³-hybridized carbons (Fsp3) is 0.227. The van der Waals surface area contributed by atoms with E-state index < -0.39 is 0 Å². The number of hydrogen-bond acceptors (Lipinski definition) is 5. The molecule has 2 aromatic rings. The van der Waals surface area contributed by atoms with Crippen molar-refractivity contribution in [2.45, 2.75) is 11.7 Å². The van der Waals surface area contributed by atoms with Gasteiger partial charge in [-0.3, -0.25) is 9.69 Å². The van der Waals surface area contributed by atoms with Gasteiger partial charge >= 0.3 is 0 Å². The Morgan fingerprint density at radius 1 is 1.17 bits per heavy atom. The third kappa shape index (κ3) is 5.58. The first-order chi connectivity index (χ1) is 14.0. The number of nitrogens with zero attached hydrogens (tertiary/aromatic N) is 4. The number of amidine groups is 1. The molecule has 7 heteroatoms. The summed E-state index contributed by atoms with van der Waals surface area (Å²) >= 11 is 4.89. The number of anilines is 1. The second kappa shape index (κ2) is 9.89. The number of amides is 1. The van der Waals surface area contributed by atoms with Crippen LogP contribution in [0.4, 0.5) is 5.69 Å². The molecular weight excluding hydrogens is 448 g/mol. The van der Waals surface area contributed by atoms with Gasteiger partial charge in [-0.2, -0.15) is 5.10 Å². The van der Waals surface area contributed by atoms with Crippen LogP contribution < -0.4 is 4.90 Å². The van der Waals surface area contributed by atoms with Crippen molar-refractivity contribution in [3.8, 4) is 0 Å². The topological polar surface area (TPSA) is 48.3 Å². The Kier molecular flexibility index (Phi) is 7.28. The van der Waals surface area contributed by atoms with Crippen LogP contribution in [0, 0.1) is 0 Å². The minimum absolute atomic E-state index is 0.0436. The standard InChI is InChI=1S/C22H23BrN4OS/c1-4-13-27-21(28)20(14-16-5-9-18(23)10-6-16)29-22(27)25-24-15-17-7-11-19(12-8-17)26(2)3/h4-12,15,20H,1,13-14H2,2-3H3/b24-15-,25-22-/t20-/m0/s1. The van der Waals surface area contributed by atoms with Crippen molar-refractivity contribution in [2.24, 2.45) is 10.2 Å². The highest BCUT2D eigenvalue weighted by molar-refractivity contribution is 9.10. The molecular formula is C22H23BrN4OS. The molecule has 1 fully saturated rings. The first kappa shape index (κ1) is 21.3. The lowest BCUT2D eigenvalue weighted by Crippen LogP contribution is -2.32. The Hall–Kier alpha value is -2.38. The summed E-state index contributed by atoms with van der Waals surface area (Å²) in [6.45, 7) is 4.18. The van der Waals surface area contributed by atoms with Crippen LogP contribution in [0.3, 0.4) is 0 Å². The van der Waals surface area contributed by atoms with Gasteiger partial charge in [0.15, 0.2) is 5.17 Å². The van der Waals surface area contributed by atoms with Crippen molar-refractivity contribution in [1.29, 1.82) is 0 Å². The van der Waals surface area contributed by atoms with Crippen LogP contribution in [-0.4, -0.2) is 48.1 Å². The Morgan fingerprint density at radius 3 is 2.48 bits per heavy atom. The van der Waals surface area contributed by atoms with E-state index in [0.717, 1.165) is 21.3 Å². The Labute approximate surface area is 184 Å². The largest absolute Gasteiger partial charge is 0.378 e. The molecule has 29 heavy (non-hydrogen) atoms.